The van der Waals surface area contributed by atoms with Gasteiger partial charge in [0.15, 0.2) is 5.78 Å². The highest BCUT2D eigenvalue weighted by Gasteiger charge is 2.22. The number of aryl methyl sites for hydroxylation is 2. The third kappa shape index (κ3) is 3.20. The summed E-state index contributed by atoms with van der Waals surface area (Å²) in [6, 6.07) is 6.50. The minimum absolute atomic E-state index is 0.0218. The molecule has 2 heterocycles. The zero-order chi connectivity index (χ0) is 18.2. The van der Waals surface area contributed by atoms with Crippen molar-refractivity contribution in [3.8, 4) is 0 Å². The Bertz CT molecular complexity index is 1060. The van der Waals surface area contributed by atoms with Crippen molar-refractivity contribution >= 4 is 27.4 Å². The molecule has 0 spiro atoms. The van der Waals surface area contributed by atoms with Gasteiger partial charge in [0, 0.05) is 24.2 Å². The lowest BCUT2D eigenvalue weighted by molar-refractivity contribution is 0.103. The van der Waals surface area contributed by atoms with Crippen molar-refractivity contribution in [3.63, 3.8) is 0 Å². The Kier molecular flexibility index (Phi) is 4.45. The number of hydrogen-bond acceptors (Lipinski definition) is 5. The highest BCUT2D eigenvalue weighted by Crippen LogP contribution is 2.22. The summed E-state index contributed by atoms with van der Waals surface area (Å²) >= 11 is 5.93. The van der Waals surface area contributed by atoms with Crippen LogP contribution in [-0.4, -0.2) is 28.1 Å². The fourth-order valence-electron chi connectivity index (χ4n) is 2.35. The fourth-order valence-corrected chi connectivity index (χ4v) is 3.79. The predicted molar refractivity (Wildman–Crippen MR) is 93.4 cm³/mol. The second-order valence-electron chi connectivity index (χ2n) is 5.56. The van der Waals surface area contributed by atoms with Crippen LogP contribution in [0.4, 0.5) is 0 Å². The predicted octanol–water partition coefficient (Wildman–Crippen LogP) is 3.02. The number of nitrogens with zero attached hydrogens (tertiary/aromatic N) is 3. The van der Waals surface area contributed by atoms with Gasteiger partial charge in [0.25, 0.3) is 10.0 Å². The summed E-state index contributed by atoms with van der Waals surface area (Å²) in [6.07, 6.45) is 5.23. The first-order valence-electron chi connectivity index (χ1n) is 7.32. The van der Waals surface area contributed by atoms with Gasteiger partial charge in [-0.3, -0.25) is 4.79 Å². The number of carbonyl (C=O) groups is 1. The summed E-state index contributed by atoms with van der Waals surface area (Å²) < 4.78 is 26.5. The van der Waals surface area contributed by atoms with Crippen LogP contribution in [-0.2, 0) is 10.0 Å². The van der Waals surface area contributed by atoms with Crippen LogP contribution in [0.1, 0.15) is 27.0 Å². The maximum Gasteiger partial charge on any atom is 0.267 e. The molecule has 0 amide bonds. The van der Waals surface area contributed by atoms with Gasteiger partial charge in [0.2, 0.25) is 0 Å². The van der Waals surface area contributed by atoms with Crippen molar-refractivity contribution in [2.45, 2.75) is 18.7 Å². The van der Waals surface area contributed by atoms with Gasteiger partial charge in [-0.05, 0) is 31.5 Å². The molecule has 0 saturated carbocycles. The van der Waals surface area contributed by atoms with Crippen LogP contribution in [0.15, 0.2) is 54.1 Å². The highest BCUT2D eigenvalue weighted by atomic mass is 35.5. The molecule has 0 N–H and O–H groups in total. The van der Waals surface area contributed by atoms with Crippen LogP contribution in [0.3, 0.4) is 0 Å². The average molecular weight is 376 g/mol. The van der Waals surface area contributed by atoms with Crippen LogP contribution in [0.25, 0.3) is 0 Å². The molecular formula is C17H14ClN3O3S. The molecule has 0 atom stereocenters. The maximum absolute atomic E-state index is 12.7. The first kappa shape index (κ1) is 17.3. The van der Waals surface area contributed by atoms with Crippen molar-refractivity contribution in [2.75, 3.05) is 0 Å². The Labute approximate surface area is 150 Å². The van der Waals surface area contributed by atoms with E-state index in [0.717, 1.165) is 9.54 Å². The number of hydrogen-bond donors (Lipinski definition) is 0. The van der Waals surface area contributed by atoms with Crippen LogP contribution < -0.4 is 0 Å². The van der Waals surface area contributed by atoms with E-state index in [2.05, 4.69) is 9.97 Å². The number of ketones is 1. The van der Waals surface area contributed by atoms with Gasteiger partial charge < -0.3 is 0 Å². The van der Waals surface area contributed by atoms with E-state index in [-0.39, 0.29) is 21.2 Å². The van der Waals surface area contributed by atoms with Gasteiger partial charge in [-0.2, -0.15) is 0 Å². The molecule has 0 aliphatic rings. The summed E-state index contributed by atoms with van der Waals surface area (Å²) in [7, 11) is -3.78. The lowest BCUT2D eigenvalue weighted by atomic mass is 10.1. The summed E-state index contributed by atoms with van der Waals surface area (Å²) in [5.41, 5.74) is 1.82. The minimum atomic E-state index is -3.78. The quantitative estimate of drug-likeness (QED) is 0.517. The summed E-state index contributed by atoms with van der Waals surface area (Å²) in [6.45, 7) is 3.53. The Balaban J connectivity index is 2.04. The van der Waals surface area contributed by atoms with Crippen molar-refractivity contribution in [2.24, 2.45) is 0 Å². The van der Waals surface area contributed by atoms with E-state index in [1.807, 2.05) is 6.92 Å². The van der Waals surface area contributed by atoms with Crippen LogP contribution in [0, 0.1) is 13.8 Å². The van der Waals surface area contributed by atoms with E-state index in [4.69, 9.17) is 11.6 Å². The number of benzene rings is 1. The van der Waals surface area contributed by atoms with E-state index in [0.29, 0.717) is 5.56 Å². The molecule has 0 unspecified atom stereocenters. The Morgan fingerprint density at radius 1 is 1.08 bits per heavy atom. The number of aromatic nitrogens is 3. The molecule has 6 nitrogen and oxygen atoms in total. The molecule has 0 radical (unpaired) electrons. The van der Waals surface area contributed by atoms with E-state index < -0.39 is 15.8 Å². The van der Waals surface area contributed by atoms with Gasteiger partial charge in [-0.1, -0.05) is 29.3 Å². The molecule has 25 heavy (non-hydrogen) atoms. The van der Waals surface area contributed by atoms with Crippen LogP contribution in [0.2, 0.25) is 5.15 Å². The van der Waals surface area contributed by atoms with Crippen LogP contribution in [0.5, 0.6) is 0 Å². The summed E-state index contributed by atoms with van der Waals surface area (Å²) in [4.78, 5) is 20.4. The first-order valence-corrected chi connectivity index (χ1v) is 9.13. The maximum atomic E-state index is 12.7. The lowest BCUT2D eigenvalue weighted by Crippen LogP contribution is -2.11. The van der Waals surface area contributed by atoms with Gasteiger partial charge in [0.05, 0.1) is 10.5 Å². The average Bonchev–Trinajstić information content (AvgIpc) is 2.98. The second kappa shape index (κ2) is 6.42. The zero-order valence-corrected chi connectivity index (χ0v) is 15.0. The van der Waals surface area contributed by atoms with Gasteiger partial charge in [0.1, 0.15) is 11.5 Å². The molecule has 0 aliphatic carbocycles. The first-order chi connectivity index (χ1) is 11.8. The molecule has 0 aliphatic heterocycles. The topological polar surface area (TPSA) is 81.9 Å². The van der Waals surface area contributed by atoms with Crippen LogP contribution >= 0.6 is 11.6 Å². The molecule has 1 aromatic carbocycles. The molecule has 3 rings (SSSR count). The Morgan fingerprint density at radius 3 is 2.40 bits per heavy atom. The van der Waals surface area contributed by atoms with Crippen molar-refractivity contribution in [1.82, 2.24) is 13.9 Å². The van der Waals surface area contributed by atoms with Crippen molar-refractivity contribution < 1.29 is 13.2 Å². The standard InChI is InChI=1S/C17H14ClN3O3S/c1-11-3-5-13(6-4-11)25(23,24)21-8-12(2)15(9-21)16(22)14-7-19-10-20-17(14)18/h3-10H,1-2H3. The normalized spacial score (nSPS) is 11.5. The van der Waals surface area contributed by atoms with Gasteiger partial charge >= 0.3 is 0 Å². The molecular weight excluding hydrogens is 362 g/mol. The largest absolute Gasteiger partial charge is 0.288 e. The van der Waals surface area contributed by atoms with E-state index in [9.17, 15) is 13.2 Å². The second-order valence-corrected chi connectivity index (χ2v) is 7.76. The lowest BCUT2D eigenvalue weighted by Gasteiger charge is -2.05. The zero-order valence-electron chi connectivity index (χ0n) is 13.5. The smallest absolute Gasteiger partial charge is 0.267 e. The molecule has 0 fully saturated rings. The molecule has 3 aromatic rings. The van der Waals surface area contributed by atoms with Gasteiger partial charge in [-0.15, -0.1) is 0 Å². The summed E-state index contributed by atoms with van der Waals surface area (Å²) in [5.74, 6) is -0.430. The Morgan fingerprint density at radius 2 is 1.76 bits per heavy atom. The van der Waals surface area contributed by atoms with Crippen molar-refractivity contribution in [1.29, 1.82) is 0 Å². The van der Waals surface area contributed by atoms with E-state index >= 15 is 0 Å². The third-order valence-electron chi connectivity index (χ3n) is 3.75. The Hall–Kier alpha value is -2.51. The van der Waals surface area contributed by atoms with E-state index in [1.165, 1.54) is 37.1 Å². The molecule has 0 bridgehead atoms. The number of halogens is 1. The molecule has 8 heteroatoms. The summed E-state index contributed by atoms with van der Waals surface area (Å²) in [5, 5.41) is 0.0218. The molecule has 0 saturated heterocycles. The minimum Gasteiger partial charge on any atom is -0.288 e. The monoisotopic (exact) mass is 375 g/mol. The fraction of sp³-hybridized carbons (Fsp3) is 0.118. The number of rotatable bonds is 4. The SMILES string of the molecule is Cc1ccc(S(=O)(=O)n2cc(C)c(C(=O)c3cncnc3Cl)c2)cc1. The molecule has 128 valence electrons. The molecule has 2 aromatic heterocycles. The van der Waals surface area contributed by atoms with E-state index in [1.54, 1.807) is 19.1 Å². The van der Waals surface area contributed by atoms with Crippen molar-refractivity contribution in [3.05, 3.63) is 76.6 Å². The third-order valence-corrected chi connectivity index (χ3v) is 5.69. The number of carbonyl (C=O) groups excluding carboxylic acids is 1. The van der Waals surface area contributed by atoms with Gasteiger partial charge in [-0.25, -0.2) is 22.4 Å². The highest BCUT2D eigenvalue weighted by molar-refractivity contribution is 7.90.